The number of carbonyl (C=O) groups excluding carboxylic acids is 2. The van der Waals surface area contributed by atoms with E-state index in [0.29, 0.717) is 25.9 Å². The molecule has 0 spiro atoms. The molecule has 7 heteroatoms. The Morgan fingerprint density at radius 1 is 1.03 bits per heavy atom. The summed E-state index contributed by atoms with van der Waals surface area (Å²) in [5, 5.41) is 12.0. The van der Waals surface area contributed by atoms with Gasteiger partial charge in [-0.1, -0.05) is 62.4 Å². The zero-order chi connectivity index (χ0) is 25.0. The van der Waals surface area contributed by atoms with Gasteiger partial charge in [0.1, 0.15) is 6.61 Å². The summed E-state index contributed by atoms with van der Waals surface area (Å²) in [5.41, 5.74) is 3.95. The molecule has 0 aromatic heterocycles. The van der Waals surface area contributed by atoms with Crippen molar-refractivity contribution in [1.82, 2.24) is 10.2 Å². The molecule has 0 bridgehead atoms. The third kappa shape index (κ3) is 5.50. The van der Waals surface area contributed by atoms with Crippen molar-refractivity contribution in [3.8, 4) is 11.1 Å². The van der Waals surface area contributed by atoms with Gasteiger partial charge in [0, 0.05) is 30.5 Å². The monoisotopic (exact) mass is 478 g/mol. The normalized spacial score (nSPS) is 17.4. The number of ether oxygens (including phenoxy) is 1. The topological polar surface area (TPSA) is 95.9 Å². The molecule has 2 N–H and O–H groups in total. The van der Waals surface area contributed by atoms with Gasteiger partial charge in [0.05, 0.1) is 6.42 Å². The lowest BCUT2D eigenvalue weighted by molar-refractivity contribution is -0.147. The van der Waals surface area contributed by atoms with E-state index in [1.807, 2.05) is 38.1 Å². The van der Waals surface area contributed by atoms with Crippen molar-refractivity contribution in [2.75, 3.05) is 19.7 Å². The minimum atomic E-state index is -0.885. The molecule has 0 radical (unpaired) electrons. The fraction of sp³-hybridized carbons (Fsp3) is 0.464. The van der Waals surface area contributed by atoms with E-state index in [4.69, 9.17) is 4.74 Å². The zero-order valence-corrected chi connectivity index (χ0v) is 20.5. The summed E-state index contributed by atoms with van der Waals surface area (Å²) in [6.07, 6.45) is 2.44. The first-order chi connectivity index (χ1) is 16.8. The Bertz CT molecular complexity index is 1050. The lowest BCUT2D eigenvalue weighted by Gasteiger charge is -2.40. The SMILES string of the molecule is CC(C)(CCNC(=O)OCC1c2ccccc2-c2ccccc21)C(=O)N1CCCCC1CC(=O)O. The lowest BCUT2D eigenvalue weighted by atomic mass is 9.85. The summed E-state index contributed by atoms with van der Waals surface area (Å²) in [7, 11) is 0. The molecule has 35 heavy (non-hydrogen) atoms. The van der Waals surface area contributed by atoms with Gasteiger partial charge in [0.25, 0.3) is 0 Å². The highest BCUT2D eigenvalue weighted by atomic mass is 16.5. The molecular weight excluding hydrogens is 444 g/mol. The van der Waals surface area contributed by atoms with Crippen molar-refractivity contribution in [3.63, 3.8) is 0 Å². The fourth-order valence-corrected chi connectivity index (χ4v) is 5.30. The van der Waals surface area contributed by atoms with E-state index >= 15 is 0 Å². The van der Waals surface area contributed by atoms with Gasteiger partial charge in [0.15, 0.2) is 0 Å². The van der Waals surface area contributed by atoms with Crippen LogP contribution in [0.15, 0.2) is 48.5 Å². The number of carboxylic acid groups (broad SMARTS) is 1. The Labute approximate surface area is 206 Å². The molecule has 1 unspecified atom stereocenters. The first-order valence-electron chi connectivity index (χ1n) is 12.4. The molecule has 186 valence electrons. The van der Waals surface area contributed by atoms with Crippen molar-refractivity contribution in [2.24, 2.45) is 5.41 Å². The Balaban J connectivity index is 1.29. The molecule has 2 aromatic rings. The number of fused-ring (bicyclic) bond motifs is 3. The molecule has 2 aliphatic rings. The smallest absolute Gasteiger partial charge is 0.407 e. The third-order valence-electron chi connectivity index (χ3n) is 7.24. The van der Waals surface area contributed by atoms with Gasteiger partial charge >= 0.3 is 12.1 Å². The van der Waals surface area contributed by atoms with Crippen LogP contribution in [0.4, 0.5) is 4.79 Å². The van der Waals surface area contributed by atoms with E-state index in [1.165, 1.54) is 11.1 Å². The number of benzene rings is 2. The van der Waals surface area contributed by atoms with E-state index in [2.05, 4.69) is 29.6 Å². The first-order valence-corrected chi connectivity index (χ1v) is 12.4. The van der Waals surface area contributed by atoms with Crippen LogP contribution in [0.2, 0.25) is 0 Å². The molecule has 2 aromatic carbocycles. The highest BCUT2D eigenvalue weighted by Crippen LogP contribution is 2.44. The summed E-state index contributed by atoms with van der Waals surface area (Å²) >= 11 is 0. The molecule has 1 aliphatic heterocycles. The van der Waals surface area contributed by atoms with Crippen molar-refractivity contribution in [1.29, 1.82) is 0 Å². The standard InChI is InChI=1S/C28H34N2O5/c1-28(2,26(33)30-16-8-7-9-19(30)17-25(31)32)14-15-29-27(34)35-18-24-22-12-5-3-10-20(22)21-11-4-6-13-23(21)24/h3-6,10-13,19,24H,7-9,14-18H2,1-2H3,(H,29,34)(H,31,32). The van der Waals surface area contributed by atoms with Gasteiger partial charge in [-0.05, 0) is 47.9 Å². The van der Waals surface area contributed by atoms with E-state index < -0.39 is 17.5 Å². The van der Waals surface area contributed by atoms with Crippen molar-refractivity contribution >= 4 is 18.0 Å². The minimum absolute atomic E-state index is 0.00330. The second-order valence-corrected chi connectivity index (χ2v) is 10.1. The predicted octanol–water partition coefficient (Wildman–Crippen LogP) is 4.80. The van der Waals surface area contributed by atoms with E-state index in [1.54, 1.807) is 4.90 Å². The quantitative estimate of drug-likeness (QED) is 0.568. The largest absolute Gasteiger partial charge is 0.481 e. The van der Waals surface area contributed by atoms with Crippen LogP contribution < -0.4 is 5.32 Å². The van der Waals surface area contributed by atoms with Crippen LogP contribution in [-0.4, -0.2) is 53.7 Å². The highest BCUT2D eigenvalue weighted by molar-refractivity contribution is 5.83. The second kappa shape index (κ2) is 10.5. The predicted molar refractivity (Wildman–Crippen MR) is 133 cm³/mol. The summed E-state index contributed by atoms with van der Waals surface area (Å²) in [6.45, 7) is 4.82. The van der Waals surface area contributed by atoms with Crippen molar-refractivity contribution in [3.05, 3.63) is 59.7 Å². The van der Waals surface area contributed by atoms with Crippen molar-refractivity contribution in [2.45, 2.75) is 57.9 Å². The molecule has 7 nitrogen and oxygen atoms in total. The molecule has 0 saturated carbocycles. The maximum absolute atomic E-state index is 13.2. The minimum Gasteiger partial charge on any atom is -0.481 e. The Morgan fingerprint density at radius 2 is 1.66 bits per heavy atom. The summed E-state index contributed by atoms with van der Waals surface area (Å²) in [6, 6.07) is 16.1. The maximum Gasteiger partial charge on any atom is 0.407 e. The number of hydrogen-bond donors (Lipinski definition) is 2. The van der Waals surface area contributed by atoms with Gasteiger partial charge in [-0.15, -0.1) is 0 Å². The maximum atomic E-state index is 13.2. The molecule has 1 saturated heterocycles. The lowest BCUT2D eigenvalue weighted by Crippen LogP contribution is -2.50. The number of nitrogens with zero attached hydrogens (tertiary/aromatic N) is 1. The number of piperidine rings is 1. The second-order valence-electron chi connectivity index (χ2n) is 10.1. The average molecular weight is 479 g/mol. The van der Waals surface area contributed by atoms with Crippen LogP contribution in [0.1, 0.15) is 63.0 Å². The third-order valence-corrected chi connectivity index (χ3v) is 7.24. The van der Waals surface area contributed by atoms with E-state index in [-0.39, 0.29) is 30.9 Å². The van der Waals surface area contributed by atoms with Gasteiger partial charge in [-0.3, -0.25) is 9.59 Å². The Hall–Kier alpha value is -3.35. The molecule has 2 amide bonds. The summed E-state index contributed by atoms with van der Waals surface area (Å²) in [4.78, 5) is 38.6. The number of likely N-dealkylation sites (tertiary alicyclic amines) is 1. The Kier molecular flexibility index (Phi) is 7.43. The van der Waals surface area contributed by atoms with Gasteiger partial charge < -0.3 is 20.1 Å². The van der Waals surface area contributed by atoms with Crippen molar-refractivity contribution < 1.29 is 24.2 Å². The van der Waals surface area contributed by atoms with Gasteiger partial charge in [0.2, 0.25) is 5.91 Å². The summed E-state index contributed by atoms with van der Waals surface area (Å²) in [5.74, 6) is -0.946. The number of aliphatic carboxylic acids is 1. The number of carboxylic acids is 1. The number of alkyl carbamates (subject to hydrolysis) is 1. The zero-order valence-electron chi connectivity index (χ0n) is 20.5. The number of rotatable bonds is 8. The average Bonchev–Trinajstić information content (AvgIpc) is 3.16. The number of nitrogens with one attached hydrogen (secondary N) is 1. The molecule has 4 rings (SSSR count). The molecule has 1 aliphatic carbocycles. The van der Waals surface area contributed by atoms with Crippen LogP contribution in [-0.2, 0) is 14.3 Å². The first kappa shape index (κ1) is 24.8. The summed E-state index contributed by atoms with van der Waals surface area (Å²) < 4.78 is 5.58. The van der Waals surface area contributed by atoms with E-state index in [9.17, 15) is 19.5 Å². The van der Waals surface area contributed by atoms with Crippen LogP contribution in [0, 0.1) is 5.41 Å². The molecule has 1 fully saturated rings. The molecule has 1 atom stereocenters. The van der Waals surface area contributed by atoms with Crippen LogP contribution >= 0.6 is 0 Å². The number of amides is 2. The van der Waals surface area contributed by atoms with Gasteiger partial charge in [-0.25, -0.2) is 4.79 Å². The van der Waals surface area contributed by atoms with Crippen LogP contribution in [0.25, 0.3) is 11.1 Å². The van der Waals surface area contributed by atoms with Crippen LogP contribution in [0.5, 0.6) is 0 Å². The highest BCUT2D eigenvalue weighted by Gasteiger charge is 2.37. The Morgan fingerprint density at radius 3 is 2.29 bits per heavy atom. The van der Waals surface area contributed by atoms with E-state index in [0.717, 1.165) is 24.0 Å². The molecule has 1 heterocycles. The van der Waals surface area contributed by atoms with Gasteiger partial charge in [-0.2, -0.15) is 0 Å². The molecular formula is C28H34N2O5. The number of hydrogen-bond acceptors (Lipinski definition) is 4. The van der Waals surface area contributed by atoms with Crippen LogP contribution in [0.3, 0.4) is 0 Å². The number of carbonyl (C=O) groups is 3. The fourth-order valence-electron chi connectivity index (χ4n) is 5.30.